The molecular weight excluding hydrogens is 342 g/mol. The first-order valence-corrected chi connectivity index (χ1v) is 9.86. The Labute approximate surface area is 160 Å². The number of imide groups is 1. The van der Waals surface area contributed by atoms with E-state index < -0.39 is 11.6 Å². The first-order valence-electron chi connectivity index (χ1n) is 9.86. The van der Waals surface area contributed by atoms with Crippen LogP contribution in [0.25, 0.3) is 0 Å². The standard InChI is InChI=1S/C21H29N3O3/c1-15-8-6-7-11-17(15)22-18(25)14-24-19(26)21(2,23-20(24)27)13-12-16-9-4-3-5-10-16/h3-5,9-10,15,17H,6-8,11-14H2,1-2H3,(H,22,25)(H,23,27)/t15-,17+,21+/m0/s1. The molecule has 2 aliphatic rings. The predicted octanol–water partition coefficient (Wildman–Crippen LogP) is 2.62. The average Bonchev–Trinajstić information content (AvgIpc) is 2.86. The third-order valence-corrected chi connectivity index (χ3v) is 5.86. The summed E-state index contributed by atoms with van der Waals surface area (Å²) in [6.07, 6.45) is 5.55. The summed E-state index contributed by atoms with van der Waals surface area (Å²) in [4.78, 5) is 38.6. The molecule has 0 unspecified atom stereocenters. The van der Waals surface area contributed by atoms with Crippen LogP contribution in [0.15, 0.2) is 30.3 Å². The molecule has 27 heavy (non-hydrogen) atoms. The predicted molar refractivity (Wildman–Crippen MR) is 103 cm³/mol. The normalized spacial score (nSPS) is 28.1. The van der Waals surface area contributed by atoms with Crippen LogP contribution in [0.4, 0.5) is 4.79 Å². The summed E-state index contributed by atoms with van der Waals surface area (Å²) < 4.78 is 0. The minimum absolute atomic E-state index is 0.136. The number of amides is 4. The fourth-order valence-electron chi connectivity index (χ4n) is 4.03. The molecule has 0 aromatic heterocycles. The zero-order chi connectivity index (χ0) is 19.4. The zero-order valence-electron chi connectivity index (χ0n) is 16.2. The topological polar surface area (TPSA) is 78.5 Å². The molecule has 146 valence electrons. The van der Waals surface area contributed by atoms with Crippen molar-refractivity contribution in [1.82, 2.24) is 15.5 Å². The van der Waals surface area contributed by atoms with Gasteiger partial charge in [0, 0.05) is 6.04 Å². The molecule has 0 spiro atoms. The highest BCUT2D eigenvalue weighted by Crippen LogP contribution is 2.25. The van der Waals surface area contributed by atoms with Crippen LogP contribution in [0.1, 0.15) is 51.5 Å². The van der Waals surface area contributed by atoms with Gasteiger partial charge in [0.15, 0.2) is 0 Å². The van der Waals surface area contributed by atoms with Crippen LogP contribution in [0, 0.1) is 5.92 Å². The quantitative estimate of drug-likeness (QED) is 0.755. The highest BCUT2D eigenvalue weighted by molar-refractivity contribution is 6.08. The van der Waals surface area contributed by atoms with Crippen molar-refractivity contribution >= 4 is 17.8 Å². The van der Waals surface area contributed by atoms with E-state index in [0.717, 1.165) is 29.7 Å². The number of urea groups is 1. The summed E-state index contributed by atoms with van der Waals surface area (Å²) in [6.45, 7) is 3.66. The number of hydrogen-bond donors (Lipinski definition) is 2. The van der Waals surface area contributed by atoms with Gasteiger partial charge in [-0.1, -0.05) is 50.1 Å². The van der Waals surface area contributed by atoms with E-state index in [9.17, 15) is 14.4 Å². The molecule has 1 aromatic rings. The van der Waals surface area contributed by atoms with Crippen molar-refractivity contribution in [2.45, 2.75) is 64.0 Å². The highest BCUT2D eigenvalue weighted by Gasteiger charge is 2.47. The summed E-state index contributed by atoms with van der Waals surface area (Å²) in [5.41, 5.74) is 0.147. The van der Waals surface area contributed by atoms with Crippen LogP contribution >= 0.6 is 0 Å². The Bertz CT molecular complexity index is 706. The van der Waals surface area contributed by atoms with Gasteiger partial charge in [-0.3, -0.25) is 14.5 Å². The lowest BCUT2D eigenvalue weighted by atomic mass is 9.86. The van der Waals surface area contributed by atoms with Gasteiger partial charge in [0.2, 0.25) is 5.91 Å². The number of rotatable bonds is 6. The summed E-state index contributed by atoms with van der Waals surface area (Å²) in [7, 11) is 0. The van der Waals surface area contributed by atoms with Gasteiger partial charge < -0.3 is 10.6 Å². The first-order chi connectivity index (χ1) is 12.9. The SMILES string of the molecule is C[C@H]1CCCC[C@H]1NC(=O)CN1C(=O)N[C@](C)(CCc2ccccc2)C1=O. The monoisotopic (exact) mass is 371 g/mol. The smallest absolute Gasteiger partial charge is 0.325 e. The van der Waals surface area contributed by atoms with E-state index in [4.69, 9.17) is 0 Å². The van der Waals surface area contributed by atoms with Gasteiger partial charge in [-0.05, 0) is 44.1 Å². The summed E-state index contributed by atoms with van der Waals surface area (Å²) >= 11 is 0. The van der Waals surface area contributed by atoms with E-state index >= 15 is 0 Å². The second-order valence-corrected chi connectivity index (χ2v) is 8.07. The Balaban J connectivity index is 1.57. The molecule has 1 saturated carbocycles. The Hall–Kier alpha value is -2.37. The van der Waals surface area contributed by atoms with Crippen molar-refractivity contribution in [1.29, 1.82) is 0 Å². The van der Waals surface area contributed by atoms with Gasteiger partial charge in [0.1, 0.15) is 12.1 Å². The van der Waals surface area contributed by atoms with Crippen LogP contribution < -0.4 is 10.6 Å². The molecule has 2 fully saturated rings. The van der Waals surface area contributed by atoms with Gasteiger partial charge in [-0.25, -0.2) is 4.79 Å². The van der Waals surface area contributed by atoms with Crippen LogP contribution in [-0.4, -0.2) is 40.9 Å². The molecule has 6 heteroatoms. The molecule has 1 aliphatic heterocycles. The van der Waals surface area contributed by atoms with E-state index in [1.807, 2.05) is 30.3 Å². The van der Waals surface area contributed by atoms with E-state index in [1.54, 1.807) is 6.92 Å². The van der Waals surface area contributed by atoms with Crippen molar-refractivity contribution in [2.75, 3.05) is 6.54 Å². The van der Waals surface area contributed by atoms with Crippen molar-refractivity contribution in [2.24, 2.45) is 5.92 Å². The van der Waals surface area contributed by atoms with Gasteiger partial charge in [0.25, 0.3) is 5.91 Å². The van der Waals surface area contributed by atoms with Gasteiger partial charge in [-0.2, -0.15) is 0 Å². The largest absolute Gasteiger partial charge is 0.352 e. The number of nitrogens with zero attached hydrogens (tertiary/aromatic N) is 1. The molecule has 1 saturated heterocycles. The molecule has 6 nitrogen and oxygen atoms in total. The lowest BCUT2D eigenvalue weighted by molar-refractivity contribution is -0.135. The lowest BCUT2D eigenvalue weighted by Gasteiger charge is -2.30. The van der Waals surface area contributed by atoms with Gasteiger partial charge in [-0.15, -0.1) is 0 Å². The molecule has 4 amide bonds. The third-order valence-electron chi connectivity index (χ3n) is 5.86. The van der Waals surface area contributed by atoms with Crippen molar-refractivity contribution in [3.63, 3.8) is 0 Å². The molecule has 1 aromatic carbocycles. The number of nitrogens with one attached hydrogen (secondary N) is 2. The Morgan fingerprint density at radius 2 is 1.93 bits per heavy atom. The zero-order valence-corrected chi connectivity index (χ0v) is 16.2. The molecular formula is C21H29N3O3. The van der Waals surface area contributed by atoms with Crippen LogP contribution in [0.3, 0.4) is 0 Å². The van der Waals surface area contributed by atoms with Gasteiger partial charge >= 0.3 is 6.03 Å². The molecule has 0 radical (unpaired) electrons. The van der Waals surface area contributed by atoms with E-state index in [0.29, 0.717) is 18.8 Å². The van der Waals surface area contributed by atoms with Crippen LogP contribution in [-0.2, 0) is 16.0 Å². The molecule has 1 aliphatic carbocycles. The highest BCUT2D eigenvalue weighted by atomic mass is 16.2. The second-order valence-electron chi connectivity index (χ2n) is 8.07. The molecule has 1 heterocycles. The Morgan fingerprint density at radius 1 is 1.22 bits per heavy atom. The maximum atomic E-state index is 12.8. The fourth-order valence-corrected chi connectivity index (χ4v) is 4.03. The average molecular weight is 371 g/mol. The maximum Gasteiger partial charge on any atom is 0.325 e. The third kappa shape index (κ3) is 4.49. The minimum atomic E-state index is -0.967. The number of carbonyl (C=O) groups excluding carboxylic acids is 3. The maximum absolute atomic E-state index is 12.8. The number of carbonyl (C=O) groups is 3. The van der Waals surface area contributed by atoms with E-state index in [1.165, 1.54) is 6.42 Å². The van der Waals surface area contributed by atoms with Crippen molar-refractivity contribution < 1.29 is 14.4 Å². The van der Waals surface area contributed by atoms with E-state index in [2.05, 4.69) is 17.6 Å². The summed E-state index contributed by atoms with van der Waals surface area (Å²) in [5.74, 6) is -0.151. The van der Waals surface area contributed by atoms with Crippen molar-refractivity contribution in [3.8, 4) is 0 Å². The molecule has 0 bridgehead atoms. The Kier molecular flexibility index (Phi) is 5.82. The number of aryl methyl sites for hydroxylation is 1. The number of benzene rings is 1. The lowest BCUT2D eigenvalue weighted by Crippen LogP contribution is -2.48. The molecule has 3 atom stereocenters. The summed E-state index contributed by atoms with van der Waals surface area (Å²) in [5, 5.41) is 5.78. The number of hydrogen-bond acceptors (Lipinski definition) is 3. The summed E-state index contributed by atoms with van der Waals surface area (Å²) in [6, 6.07) is 9.51. The van der Waals surface area contributed by atoms with Crippen molar-refractivity contribution in [3.05, 3.63) is 35.9 Å². The minimum Gasteiger partial charge on any atom is -0.352 e. The molecule has 3 rings (SSSR count). The second kappa shape index (κ2) is 8.11. The van der Waals surface area contributed by atoms with E-state index in [-0.39, 0.29) is 24.4 Å². The molecule has 2 N–H and O–H groups in total. The first kappa shape index (κ1) is 19.4. The van der Waals surface area contributed by atoms with Crippen LogP contribution in [0.5, 0.6) is 0 Å². The fraction of sp³-hybridized carbons (Fsp3) is 0.571. The Morgan fingerprint density at radius 3 is 2.63 bits per heavy atom. The van der Waals surface area contributed by atoms with Gasteiger partial charge in [0.05, 0.1) is 0 Å². The van der Waals surface area contributed by atoms with Crippen LogP contribution in [0.2, 0.25) is 0 Å².